The van der Waals surface area contributed by atoms with Crippen LogP contribution in [0.3, 0.4) is 0 Å². The second kappa shape index (κ2) is 5.71. The molecule has 0 spiro atoms. The van der Waals surface area contributed by atoms with Crippen LogP contribution in [0.25, 0.3) is 0 Å². The van der Waals surface area contributed by atoms with Gasteiger partial charge in [-0.05, 0) is 33.1 Å². The molecule has 1 saturated heterocycles. The minimum atomic E-state index is -0.197. The molecule has 0 aromatic carbocycles. The van der Waals surface area contributed by atoms with Gasteiger partial charge in [-0.2, -0.15) is 0 Å². The molecule has 15 heavy (non-hydrogen) atoms. The highest BCUT2D eigenvalue weighted by atomic mass is 35.5. The molecule has 0 bridgehead atoms. The quantitative estimate of drug-likeness (QED) is 0.754. The zero-order valence-electron chi connectivity index (χ0n) is 9.51. The van der Waals surface area contributed by atoms with E-state index in [0.29, 0.717) is 19.1 Å². The van der Waals surface area contributed by atoms with Crippen LogP contribution < -0.4 is 5.32 Å². The normalized spacial score (nSPS) is 18.9. The second-order valence-electron chi connectivity index (χ2n) is 4.70. The van der Waals surface area contributed by atoms with E-state index in [9.17, 15) is 4.79 Å². The van der Waals surface area contributed by atoms with Gasteiger partial charge in [0.05, 0.1) is 0 Å². The molecule has 1 N–H and O–H groups in total. The maximum atomic E-state index is 11.9. The molecule has 1 rings (SSSR count). The van der Waals surface area contributed by atoms with Gasteiger partial charge in [-0.3, -0.25) is 4.79 Å². The molecule has 1 aliphatic heterocycles. The van der Waals surface area contributed by atoms with Crippen LogP contribution in [0.15, 0.2) is 0 Å². The van der Waals surface area contributed by atoms with E-state index < -0.39 is 0 Å². The van der Waals surface area contributed by atoms with E-state index in [1.165, 1.54) is 0 Å². The van der Waals surface area contributed by atoms with Crippen molar-refractivity contribution in [2.45, 2.75) is 38.6 Å². The van der Waals surface area contributed by atoms with Gasteiger partial charge in [-0.1, -0.05) is 0 Å². The van der Waals surface area contributed by atoms with E-state index in [4.69, 9.17) is 16.3 Å². The average molecular weight is 234 g/mol. The maximum Gasteiger partial charge on any atom is 0.223 e. The Balaban J connectivity index is 2.39. The molecule has 0 unspecified atom stereocenters. The molecule has 1 aliphatic rings. The minimum absolute atomic E-state index is 0.119. The Labute approximate surface area is 96.5 Å². The van der Waals surface area contributed by atoms with Gasteiger partial charge in [0.25, 0.3) is 0 Å². The number of nitrogens with one attached hydrogen (secondary N) is 1. The molecule has 0 saturated carbocycles. The summed E-state index contributed by atoms with van der Waals surface area (Å²) in [4.78, 5) is 11.9. The number of alkyl halides is 1. The Hall–Kier alpha value is -0.280. The highest BCUT2D eigenvalue weighted by molar-refractivity contribution is 6.17. The Kier molecular flexibility index (Phi) is 4.87. The van der Waals surface area contributed by atoms with E-state index in [0.717, 1.165) is 19.3 Å². The molecule has 88 valence electrons. The van der Waals surface area contributed by atoms with Gasteiger partial charge in [0, 0.05) is 30.6 Å². The number of hydrogen-bond donors (Lipinski definition) is 1. The number of amides is 1. The number of halogens is 1. The Morgan fingerprint density at radius 2 is 2.07 bits per heavy atom. The smallest absolute Gasteiger partial charge is 0.223 e. The Morgan fingerprint density at radius 1 is 1.47 bits per heavy atom. The molecule has 1 fully saturated rings. The van der Waals surface area contributed by atoms with Crippen molar-refractivity contribution >= 4 is 17.5 Å². The first-order valence-electron chi connectivity index (χ1n) is 5.51. The monoisotopic (exact) mass is 233 g/mol. The molecule has 0 aromatic heterocycles. The van der Waals surface area contributed by atoms with Crippen molar-refractivity contribution in [1.82, 2.24) is 5.32 Å². The van der Waals surface area contributed by atoms with Gasteiger partial charge in [0.15, 0.2) is 0 Å². The fourth-order valence-electron chi connectivity index (χ4n) is 1.69. The van der Waals surface area contributed by atoms with Crippen LogP contribution >= 0.6 is 11.6 Å². The van der Waals surface area contributed by atoms with E-state index >= 15 is 0 Å². The van der Waals surface area contributed by atoms with Gasteiger partial charge in [-0.25, -0.2) is 0 Å². The van der Waals surface area contributed by atoms with Crippen molar-refractivity contribution < 1.29 is 9.53 Å². The van der Waals surface area contributed by atoms with Crippen molar-refractivity contribution in [3.63, 3.8) is 0 Å². The van der Waals surface area contributed by atoms with Crippen molar-refractivity contribution in [2.75, 3.05) is 19.1 Å². The molecule has 0 aromatic rings. The summed E-state index contributed by atoms with van der Waals surface area (Å²) in [6.07, 6.45) is 2.47. The molecular formula is C11H20ClNO2. The van der Waals surface area contributed by atoms with Crippen molar-refractivity contribution in [3.05, 3.63) is 0 Å². The number of carbonyl (C=O) groups excluding carboxylic acids is 1. The predicted molar refractivity (Wildman–Crippen MR) is 61.1 cm³/mol. The molecule has 3 nitrogen and oxygen atoms in total. The summed E-state index contributed by atoms with van der Waals surface area (Å²) in [6.45, 7) is 5.42. The van der Waals surface area contributed by atoms with E-state index in [1.54, 1.807) is 0 Å². The zero-order chi connectivity index (χ0) is 11.3. The van der Waals surface area contributed by atoms with Crippen molar-refractivity contribution in [3.8, 4) is 0 Å². The summed E-state index contributed by atoms with van der Waals surface area (Å²) < 4.78 is 5.23. The molecule has 1 amide bonds. The fraction of sp³-hybridized carbons (Fsp3) is 0.909. The van der Waals surface area contributed by atoms with Crippen LogP contribution in [0.5, 0.6) is 0 Å². The van der Waals surface area contributed by atoms with Gasteiger partial charge < -0.3 is 10.1 Å². The predicted octanol–water partition coefficient (Wildman–Crippen LogP) is 1.94. The summed E-state index contributed by atoms with van der Waals surface area (Å²) in [6, 6.07) is 0. The maximum absolute atomic E-state index is 11.9. The topological polar surface area (TPSA) is 38.3 Å². The third-order valence-electron chi connectivity index (χ3n) is 2.77. The van der Waals surface area contributed by atoms with Gasteiger partial charge in [0.1, 0.15) is 0 Å². The Bertz CT molecular complexity index is 213. The summed E-state index contributed by atoms with van der Waals surface area (Å²) in [7, 11) is 0. The molecule has 0 aliphatic carbocycles. The highest BCUT2D eigenvalue weighted by Gasteiger charge is 2.26. The first-order valence-corrected chi connectivity index (χ1v) is 6.04. The van der Waals surface area contributed by atoms with Crippen molar-refractivity contribution in [1.29, 1.82) is 0 Å². The number of ether oxygens (including phenoxy) is 1. The Morgan fingerprint density at radius 3 is 2.60 bits per heavy atom. The molecule has 4 heteroatoms. The third kappa shape index (κ3) is 4.39. The van der Waals surface area contributed by atoms with Crippen LogP contribution in [-0.2, 0) is 9.53 Å². The standard InChI is InChI=1S/C11H20ClNO2/c1-11(2,5-6-12)13-10(14)9-3-7-15-8-4-9/h9H,3-8H2,1-2H3,(H,13,14). The van der Waals surface area contributed by atoms with Crippen molar-refractivity contribution in [2.24, 2.45) is 5.92 Å². The van der Waals surface area contributed by atoms with Crippen LogP contribution in [0, 0.1) is 5.92 Å². The first-order chi connectivity index (χ1) is 7.05. The lowest BCUT2D eigenvalue weighted by Crippen LogP contribution is -2.47. The summed E-state index contributed by atoms with van der Waals surface area (Å²) in [5, 5.41) is 3.05. The summed E-state index contributed by atoms with van der Waals surface area (Å²) >= 11 is 5.68. The van der Waals surface area contributed by atoms with Gasteiger partial charge >= 0.3 is 0 Å². The largest absolute Gasteiger partial charge is 0.381 e. The summed E-state index contributed by atoms with van der Waals surface area (Å²) in [5.74, 6) is 0.836. The zero-order valence-corrected chi connectivity index (χ0v) is 10.3. The molecule has 0 atom stereocenters. The van der Waals surface area contributed by atoms with Crippen LogP contribution in [0.4, 0.5) is 0 Å². The van der Waals surface area contributed by atoms with Crippen LogP contribution in [0.2, 0.25) is 0 Å². The highest BCUT2D eigenvalue weighted by Crippen LogP contribution is 2.17. The number of hydrogen-bond acceptors (Lipinski definition) is 2. The molecule has 1 heterocycles. The van der Waals surface area contributed by atoms with E-state index in [2.05, 4.69) is 5.32 Å². The molecule has 0 radical (unpaired) electrons. The second-order valence-corrected chi connectivity index (χ2v) is 5.08. The van der Waals surface area contributed by atoms with E-state index in [1.807, 2.05) is 13.8 Å². The van der Waals surface area contributed by atoms with Crippen LogP contribution in [0.1, 0.15) is 33.1 Å². The first kappa shape index (κ1) is 12.8. The fourth-order valence-corrected chi connectivity index (χ4v) is 2.17. The minimum Gasteiger partial charge on any atom is -0.381 e. The van der Waals surface area contributed by atoms with E-state index in [-0.39, 0.29) is 17.4 Å². The number of carbonyl (C=O) groups is 1. The lowest BCUT2D eigenvalue weighted by atomic mass is 9.95. The van der Waals surface area contributed by atoms with Gasteiger partial charge in [-0.15, -0.1) is 11.6 Å². The lowest BCUT2D eigenvalue weighted by Gasteiger charge is -2.29. The average Bonchev–Trinajstić information content (AvgIpc) is 2.18. The van der Waals surface area contributed by atoms with Gasteiger partial charge in [0.2, 0.25) is 5.91 Å². The molecular weight excluding hydrogens is 214 g/mol. The summed E-state index contributed by atoms with van der Waals surface area (Å²) in [5.41, 5.74) is -0.197. The number of rotatable bonds is 4. The lowest BCUT2D eigenvalue weighted by molar-refractivity contribution is -0.129. The third-order valence-corrected chi connectivity index (χ3v) is 2.96. The van der Waals surface area contributed by atoms with Crippen LogP contribution in [-0.4, -0.2) is 30.5 Å². The SMILES string of the molecule is CC(C)(CCCl)NC(=O)C1CCOCC1.